The van der Waals surface area contributed by atoms with Gasteiger partial charge in [-0.1, -0.05) is 51.3 Å². The minimum Gasteiger partial charge on any atom is -0.255 e. The number of fused-ring (bicyclic) bond motifs is 1. The van der Waals surface area contributed by atoms with Crippen LogP contribution in [0.25, 0.3) is 10.9 Å². The Balaban J connectivity index is 2.80. The molecular formula is C20H26N2Si2. The van der Waals surface area contributed by atoms with Gasteiger partial charge in [-0.25, -0.2) is 0 Å². The zero-order chi connectivity index (χ0) is 18.1. The predicted molar refractivity (Wildman–Crippen MR) is 110 cm³/mol. The number of aromatic nitrogens is 1. The molecule has 4 heteroatoms. The molecule has 1 aromatic carbocycles. The topological polar surface area (TPSA) is 28.7 Å². The lowest BCUT2D eigenvalue weighted by molar-refractivity contribution is 1.16. The molecule has 124 valence electrons. The van der Waals surface area contributed by atoms with Crippen LogP contribution in [0.2, 0.25) is 39.3 Å². The van der Waals surface area contributed by atoms with E-state index >= 15 is 0 Å². The van der Waals surface area contributed by atoms with Crippen molar-refractivity contribution >= 4 is 32.4 Å². The summed E-state index contributed by atoms with van der Waals surface area (Å²) in [7, 11) is -3.07. The fraction of sp³-hybridized carbons (Fsp3) is 0.350. The van der Waals surface area contributed by atoms with E-state index in [1.165, 1.54) is 10.9 Å². The Morgan fingerprint density at radius 1 is 1.17 bits per heavy atom. The van der Waals surface area contributed by atoms with E-state index in [0.717, 1.165) is 22.9 Å². The highest BCUT2D eigenvalue weighted by atomic mass is 28.3. The Bertz CT molecular complexity index is 889. The Morgan fingerprint density at radius 3 is 2.33 bits per heavy atom. The number of hydrogen-bond acceptors (Lipinski definition) is 1. The Hall–Kier alpha value is -2.02. The van der Waals surface area contributed by atoms with Crippen LogP contribution >= 0.6 is 0 Å². The Morgan fingerprint density at radius 2 is 1.83 bits per heavy atom. The van der Waals surface area contributed by atoms with Crippen LogP contribution in [0.15, 0.2) is 30.9 Å². The average Bonchev–Trinajstić information content (AvgIpc) is 2.78. The van der Waals surface area contributed by atoms with Gasteiger partial charge < -0.3 is 0 Å². The maximum Gasteiger partial charge on any atom is 0.188 e. The van der Waals surface area contributed by atoms with E-state index in [2.05, 4.69) is 69.6 Å². The van der Waals surface area contributed by atoms with E-state index in [9.17, 15) is 5.26 Å². The van der Waals surface area contributed by atoms with E-state index in [0.29, 0.717) is 0 Å². The molecule has 0 amide bonds. The van der Waals surface area contributed by atoms with E-state index in [1.807, 2.05) is 22.8 Å². The maximum absolute atomic E-state index is 9.73. The molecule has 24 heavy (non-hydrogen) atoms. The molecule has 0 atom stereocenters. The lowest BCUT2D eigenvalue weighted by Gasteiger charge is -2.18. The Labute approximate surface area is 147 Å². The fourth-order valence-electron chi connectivity index (χ4n) is 2.94. The third-order valence-corrected chi connectivity index (χ3v) is 6.63. The van der Waals surface area contributed by atoms with Crippen molar-refractivity contribution in [2.24, 2.45) is 0 Å². The summed E-state index contributed by atoms with van der Waals surface area (Å²) >= 11 is 0. The molecule has 0 saturated heterocycles. The molecule has 0 unspecified atom stereocenters. The highest BCUT2D eigenvalue weighted by Crippen LogP contribution is 2.24. The summed E-state index contributed by atoms with van der Waals surface area (Å²) < 4.78 is 1.83. The normalized spacial score (nSPS) is 11.7. The van der Waals surface area contributed by atoms with Crippen LogP contribution in [-0.4, -0.2) is 20.7 Å². The molecule has 2 rings (SSSR count). The molecule has 0 bridgehead atoms. The van der Waals surface area contributed by atoms with Crippen LogP contribution in [0.3, 0.4) is 0 Å². The van der Waals surface area contributed by atoms with E-state index < -0.39 is 16.1 Å². The molecule has 0 fully saturated rings. The van der Waals surface area contributed by atoms with Gasteiger partial charge in [-0.2, -0.15) is 5.26 Å². The summed E-state index contributed by atoms with van der Waals surface area (Å²) in [5.74, 6) is 3.34. The third-order valence-electron chi connectivity index (χ3n) is 3.81. The first kappa shape index (κ1) is 18.3. The number of allylic oxidation sites excluding steroid dienone is 1. The summed E-state index contributed by atoms with van der Waals surface area (Å²) in [4.78, 5) is 0. The second-order valence-corrected chi connectivity index (χ2v) is 18.0. The molecule has 0 N–H and O–H groups in total. The zero-order valence-electron chi connectivity index (χ0n) is 15.6. The number of nitrogens with zero attached hydrogens (tertiary/aromatic N) is 2. The molecule has 2 aromatic rings. The summed E-state index contributed by atoms with van der Waals surface area (Å²) in [5, 5.41) is 12.1. The quantitative estimate of drug-likeness (QED) is 0.456. The zero-order valence-corrected chi connectivity index (χ0v) is 17.6. The molecule has 2 nitrogen and oxygen atoms in total. The predicted octanol–water partition coefficient (Wildman–Crippen LogP) is 4.47. The molecule has 0 aliphatic heterocycles. The van der Waals surface area contributed by atoms with Crippen molar-refractivity contribution in [2.75, 3.05) is 0 Å². The number of hydrogen-bond donors (Lipinski definition) is 0. The number of nitriles is 1. The maximum atomic E-state index is 9.73. The van der Waals surface area contributed by atoms with E-state index in [-0.39, 0.29) is 0 Å². The average molecular weight is 351 g/mol. The SMILES string of the molecule is C=CCc1c([Si](C)(C)C)n(C#N)c2ccc(C#C[Si](C)(C)C)cc12. The summed E-state index contributed by atoms with van der Waals surface area (Å²) in [6.45, 7) is 17.5. The van der Waals surface area contributed by atoms with Gasteiger partial charge in [-0.05, 0) is 30.2 Å². The first-order valence-electron chi connectivity index (χ1n) is 8.30. The van der Waals surface area contributed by atoms with Crippen LogP contribution in [-0.2, 0) is 6.42 Å². The highest BCUT2D eigenvalue weighted by molar-refractivity contribution is 6.89. The Kier molecular flexibility index (Phi) is 4.94. The largest absolute Gasteiger partial charge is 0.255 e. The minimum atomic E-state index is -1.67. The van der Waals surface area contributed by atoms with Crippen LogP contribution in [0.1, 0.15) is 11.1 Å². The van der Waals surface area contributed by atoms with Gasteiger partial charge in [0.05, 0.1) is 5.52 Å². The molecule has 1 heterocycles. The summed E-state index contributed by atoms with van der Waals surface area (Å²) in [6, 6.07) is 6.23. The van der Waals surface area contributed by atoms with Gasteiger partial charge in [-0.3, -0.25) is 4.57 Å². The number of benzene rings is 1. The van der Waals surface area contributed by atoms with Gasteiger partial charge in [0, 0.05) is 16.3 Å². The van der Waals surface area contributed by atoms with Crippen LogP contribution in [0.4, 0.5) is 0 Å². The van der Waals surface area contributed by atoms with Crippen LogP contribution in [0, 0.1) is 22.9 Å². The van der Waals surface area contributed by atoms with Crippen LogP contribution in [0.5, 0.6) is 0 Å². The monoisotopic (exact) mass is 350 g/mol. The molecular weight excluding hydrogens is 324 g/mol. The van der Waals surface area contributed by atoms with Crippen molar-refractivity contribution in [1.29, 1.82) is 5.26 Å². The van der Waals surface area contributed by atoms with Crippen LogP contribution < -0.4 is 5.32 Å². The smallest absolute Gasteiger partial charge is 0.188 e. The molecule has 0 saturated carbocycles. The van der Waals surface area contributed by atoms with Gasteiger partial charge >= 0.3 is 0 Å². The van der Waals surface area contributed by atoms with Crippen molar-refractivity contribution < 1.29 is 0 Å². The minimum absolute atomic E-state index is 0.787. The molecule has 0 aliphatic rings. The molecule has 0 aliphatic carbocycles. The standard InChI is InChI=1S/C20H26N2Si2/c1-8-9-17-18-14-16(12-13-23(2,3)4)10-11-19(18)22(15-21)20(17)24(5,6)7/h8,10-11,14H,1,9H2,2-7H3. The van der Waals surface area contributed by atoms with Gasteiger partial charge in [0.15, 0.2) is 6.19 Å². The second kappa shape index (κ2) is 6.47. The summed E-state index contributed by atoms with van der Waals surface area (Å²) in [5.41, 5.74) is 6.70. The fourth-order valence-corrected chi connectivity index (χ4v) is 5.44. The third kappa shape index (κ3) is 3.72. The van der Waals surface area contributed by atoms with Crippen molar-refractivity contribution in [3.8, 4) is 17.7 Å². The van der Waals surface area contributed by atoms with Crippen molar-refractivity contribution in [3.63, 3.8) is 0 Å². The lowest BCUT2D eigenvalue weighted by atomic mass is 10.1. The molecule has 0 radical (unpaired) electrons. The highest BCUT2D eigenvalue weighted by Gasteiger charge is 2.28. The van der Waals surface area contributed by atoms with E-state index in [1.54, 1.807) is 0 Å². The second-order valence-electron chi connectivity index (χ2n) is 8.24. The number of rotatable bonds is 3. The van der Waals surface area contributed by atoms with Gasteiger partial charge in [0.2, 0.25) is 0 Å². The van der Waals surface area contributed by atoms with Gasteiger partial charge in [0.25, 0.3) is 0 Å². The molecule has 1 aromatic heterocycles. The van der Waals surface area contributed by atoms with E-state index in [4.69, 9.17) is 0 Å². The van der Waals surface area contributed by atoms with Crippen molar-refractivity contribution in [1.82, 2.24) is 4.57 Å². The van der Waals surface area contributed by atoms with Crippen molar-refractivity contribution in [3.05, 3.63) is 42.0 Å². The first-order chi connectivity index (χ1) is 11.1. The summed E-state index contributed by atoms with van der Waals surface area (Å²) in [6.07, 6.45) is 5.11. The molecule has 0 spiro atoms. The van der Waals surface area contributed by atoms with Crippen molar-refractivity contribution in [2.45, 2.75) is 45.7 Å². The first-order valence-corrected chi connectivity index (χ1v) is 15.3. The lowest BCUT2D eigenvalue weighted by Crippen LogP contribution is -2.44. The van der Waals surface area contributed by atoms with Gasteiger partial charge in [0.1, 0.15) is 16.1 Å². The van der Waals surface area contributed by atoms with Gasteiger partial charge in [-0.15, -0.1) is 12.1 Å².